The molecule has 7 heteroatoms. The third kappa shape index (κ3) is 4.85. The van der Waals surface area contributed by atoms with Gasteiger partial charge >= 0.3 is 6.09 Å². The van der Waals surface area contributed by atoms with Gasteiger partial charge in [0.2, 0.25) is 5.91 Å². The van der Waals surface area contributed by atoms with E-state index in [1.807, 2.05) is 6.07 Å². The molecule has 6 nitrogen and oxygen atoms in total. The lowest BCUT2D eigenvalue weighted by Gasteiger charge is -2.15. The summed E-state index contributed by atoms with van der Waals surface area (Å²) in [5, 5.41) is 2.72. The van der Waals surface area contributed by atoms with Crippen molar-refractivity contribution < 1.29 is 18.7 Å². The average molecular weight is 426 g/mol. The van der Waals surface area contributed by atoms with Gasteiger partial charge in [0.05, 0.1) is 7.11 Å². The highest BCUT2D eigenvalue weighted by Crippen LogP contribution is 2.17. The number of nitrogens with one attached hydrogen (secondary N) is 1. The summed E-state index contributed by atoms with van der Waals surface area (Å²) >= 11 is 2.05. The fraction of sp³-hybridized carbons (Fsp3) is 0.125. The van der Waals surface area contributed by atoms with Crippen molar-refractivity contribution >= 4 is 52.0 Å². The van der Waals surface area contributed by atoms with Crippen LogP contribution in [-0.4, -0.2) is 26.2 Å². The molecule has 0 aliphatic carbocycles. The van der Waals surface area contributed by atoms with Crippen molar-refractivity contribution in [2.75, 3.05) is 24.4 Å². The maximum Gasteiger partial charge on any atom is 0.413 e. The minimum Gasteiger partial charge on any atom is -0.452 e. The standard InChI is InChI=1S/C16H15IN2O4/c1-19(16(21)22-2)12-5-3-11(4-6-12)18-15(20)10-8-13-7-9-14(17)23-13/h3-10H,1-2H3,(H,18,20)/b10-8+. The van der Waals surface area contributed by atoms with Gasteiger partial charge in [-0.15, -0.1) is 0 Å². The van der Waals surface area contributed by atoms with Gasteiger partial charge < -0.3 is 14.5 Å². The van der Waals surface area contributed by atoms with Crippen LogP contribution in [0.25, 0.3) is 6.08 Å². The number of furan rings is 1. The fourth-order valence-electron chi connectivity index (χ4n) is 1.77. The predicted octanol–water partition coefficient (Wildman–Crippen LogP) is 3.74. The number of nitrogens with zero attached hydrogens (tertiary/aromatic N) is 1. The number of amides is 2. The van der Waals surface area contributed by atoms with Gasteiger partial charge in [0.25, 0.3) is 0 Å². The first-order chi connectivity index (χ1) is 11.0. The summed E-state index contributed by atoms with van der Waals surface area (Å²) in [7, 11) is 2.92. The number of hydrogen-bond acceptors (Lipinski definition) is 4. The maximum atomic E-state index is 11.8. The molecule has 0 aliphatic heterocycles. The lowest BCUT2D eigenvalue weighted by molar-refractivity contribution is -0.111. The molecule has 0 radical (unpaired) electrons. The Morgan fingerprint density at radius 1 is 1.22 bits per heavy atom. The summed E-state index contributed by atoms with van der Waals surface area (Å²) in [5.41, 5.74) is 1.28. The van der Waals surface area contributed by atoms with E-state index in [1.54, 1.807) is 43.5 Å². The molecule has 1 aromatic heterocycles. The molecule has 2 amide bonds. The van der Waals surface area contributed by atoms with Gasteiger partial charge in [0.1, 0.15) is 5.76 Å². The summed E-state index contributed by atoms with van der Waals surface area (Å²) < 4.78 is 10.7. The van der Waals surface area contributed by atoms with Crippen LogP contribution in [0.3, 0.4) is 0 Å². The molecule has 23 heavy (non-hydrogen) atoms. The molecular weight excluding hydrogens is 411 g/mol. The predicted molar refractivity (Wildman–Crippen MR) is 96.3 cm³/mol. The van der Waals surface area contributed by atoms with Gasteiger partial charge in [-0.05, 0) is 65.1 Å². The number of carbonyl (C=O) groups excluding carboxylic acids is 2. The van der Waals surface area contributed by atoms with E-state index in [2.05, 4.69) is 32.6 Å². The Morgan fingerprint density at radius 3 is 2.48 bits per heavy atom. The number of rotatable bonds is 4. The van der Waals surface area contributed by atoms with Crippen LogP contribution in [-0.2, 0) is 9.53 Å². The molecule has 0 unspecified atom stereocenters. The summed E-state index contributed by atoms with van der Waals surface area (Å²) in [5.74, 6) is 0.338. The molecule has 1 N–H and O–H groups in total. The van der Waals surface area contributed by atoms with Crippen LogP contribution in [0.4, 0.5) is 16.2 Å². The van der Waals surface area contributed by atoms with Gasteiger partial charge in [-0.3, -0.25) is 9.69 Å². The zero-order chi connectivity index (χ0) is 16.8. The molecule has 0 bridgehead atoms. The first-order valence-electron chi connectivity index (χ1n) is 6.66. The lowest BCUT2D eigenvalue weighted by atomic mass is 10.2. The Balaban J connectivity index is 1.96. The number of benzene rings is 1. The van der Waals surface area contributed by atoms with Crippen molar-refractivity contribution in [1.82, 2.24) is 0 Å². The Bertz CT molecular complexity index is 722. The van der Waals surface area contributed by atoms with Crippen LogP contribution < -0.4 is 10.2 Å². The first-order valence-corrected chi connectivity index (χ1v) is 7.73. The van der Waals surface area contributed by atoms with Crippen LogP contribution >= 0.6 is 22.6 Å². The molecule has 0 saturated heterocycles. The SMILES string of the molecule is COC(=O)N(C)c1ccc(NC(=O)/C=C/c2ccc(I)o2)cc1. The van der Waals surface area contributed by atoms with E-state index >= 15 is 0 Å². The molecule has 1 heterocycles. The highest BCUT2D eigenvalue weighted by atomic mass is 127. The largest absolute Gasteiger partial charge is 0.452 e. The Kier molecular flexibility index (Phi) is 5.80. The number of hydrogen-bond donors (Lipinski definition) is 1. The second-order valence-electron chi connectivity index (χ2n) is 4.54. The van der Waals surface area contributed by atoms with Crippen LogP contribution in [0.5, 0.6) is 0 Å². The van der Waals surface area contributed by atoms with E-state index in [9.17, 15) is 9.59 Å². The molecule has 0 saturated carbocycles. The lowest BCUT2D eigenvalue weighted by Crippen LogP contribution is -2.25. The molecule has 0 atom stereocenters. The minimum atomic E-state index is -0.460. The van der Waals surface area contributed by atoms with Crippen molar-refractivity contribution in [3.63, 3.8) is 0 Å². The number of anilines is 2. The van der Waals surface area contributed by atoms with Gasteiger partial charge in [-0.1, -0.05) is 0 Å². The number of ether oxygens (including phenoxy) is 1. The van der Waals surface area contributed by atoms with Gasteiger partial charge in [-0.25, -0.2) is 4.79 Å². The molecule has 0 aliphatic rings. The first kappa shape index (κ1) is 17.1. The van der Waals surface area contributed by atoms with E-state index in [4.69, 9.17) is 4.42 Å². The van der Waals surface area contributed by atoms with Gasteiger partial charge in [-0.2, -0.15) is 0 Å². The molecule has 120 valence electrons. The quantitative estimate of drug-likeness (QED) is 0.598. The zero-order valence-corrected chi connectivity index (χ0v) is 14.7. The molecule has 0 spiro atoms. The monoisotopic (exact) mass is 426 g/mol. The van der Waals surface area contributed by atoms with Crippen molar-refractivity contribution in [3.05, 3.63) is 52.0 Å². The third-order valence-corrected chi connectivity index (χ3v) is 3.54. The van der Waals surface area contributed by atoms with Crippen LogP contribution in [0.15, 0.2) is 46.9 Å². The van der Waals surface area contributed by atoms with Gasteiger partial charge in [0.15, 0.2) is 3.77 Å². The number of halogens is 1. The molecule has 2 rings (SSSR count). The Hall–Kier alpha value is -2.29. The Labute approximate surface area is 147 Å². The third-order valence-electron chi connectivity index (χ3n) is 2.96. The van der Waals surface area contributed by atoms with Crippen molar-refractivity contribution in [1.29, 1.82) is 0 Å². The second-order valence-corrected chi connectivity index (χ2v) is 5.60. The van der Waals surface area contributed by atoms with E-state index < -0.39 is 6.09 Å². The van der Waals surface area contributed by atoms with E-state index in [0.717, 1.165) is 3.77 Å². The highest BCUT2D eigenvalue weighted by molar-refractivity contribution is 14.1. The van der Waals surface area contributed by atoms with Crippen LogP contribution in [0.1, 0.15) is 5.76 Å². The zero-order valence-electron chi connectivity index (χ0n) is 12.6. The smallest absolute Gasteiger partial charge is 0.413 e. The summed E-state index contributed by atoms with van der Waals surface area (Å²) in [6.07, 6.45) is 2.53. The fourth-order valence-corrected chi connectivity index (χ4v) is 2.20. The van der Waals surface area contributed by atoms with E-state index in [-0.39, 0.29) is 5.91 Å². The van der Waals surface area contributed by atoms with E-state index in [1.165, 1.54) is 18.1 Å². The van der Waals surface area contributed by atoms with Gasteiger partial charge in [0, 0.05) is 24.5 Å². The van der Waals surface area contributed by atoms with Crippen molar-refractivity contribution in [2.45, 2.75) is 0 Å². The summed E-state index contributed by atoms with van der Waals surface area (Å²) in [4.78, 5) is 24.6. The molecular formula is C16H15IN2O4. The number of methoxy groups -OCH3 is 1. The maximum absolute atomic E-state index is 11.8. The molecule has 0 fully saturated rings. The Morgan fingerprint density at radius 2 is 1.91 bits per heavy atom. The van der Waals surface area contributed by atoms with Crippen LogP contribution in [0, 0.1) is 3.77 Å². The summed E-state index contributed by atoms with van der Waals surface area (Å²) in [6, 6.07) is 10.4. The van der Waals surface area contributed by atoms with Crippen molar-refractivity contribution in [3.8, 4) is 0 Å². The topological polar surface area (TPSA) is 71.8 Å². The van der Waals surface area contributed by atoms with Crippen molar-refractivity contribution in [2.24, 2.45) is 0 Å². The molecule has 1 aromatic carbocycles. The minimum absolute atomic E-state index is 0.273. The number of carbonyl (C=O) groups is 2. The van der Waals surface area contributed by atoms with Crippen LogP contribution in [0.2, 0.25) is 0 Å². The average Bonchev–Trinajstić information content (AvgIpc) is 2.97. The second kappa shape index (κ2) is 7.82. The normalized spacial score (nSPS) is 10.6. The molecule has 2 aromatic rings. The van der Waals surface area contributed by atoms with E-state index in [0.29, 0.717) is 17.1 Å². The highest BCUT2D eigenvalue weighted by Gasteiger charge is 2.10. The summed E-state index contributed by atoms with van der Waals surface area (Å²) in [6.45, 7) is 0.